The van der Waals surface area contributed by atoms with E-state index in [-0.39, 0.29) is 18.4 Å². The Balaban J connectivity index is 1.90. The number of piperidine rings is 1. The number of aliphatic carboxylic acids is 1. The SMILES string of the molecule is O=C(O)CC1CCCCN1C(=O)CSc1ccncc1. The highest BCUT2D eigenvalue weighted by molar-refractivity contribution is 8.00. The number of hydrogen-bond acceptors (Lipinski definition) is 4. The average molecular weight is 294 g/mol. The van der Waals surface area contributed by atoms with Gasteiger partial charge in [0.2, 0.25) is 5.91 Å². The summed E-state index contributed by atoms with van der Waals surface area (Å²) in [5, 5.41) is 8.92. The number of likely N-dealkylation sites (tertiary alicyclic amines) is 1. The number of pyridine rings is 1. The summed E-state index contributed by atoms with van der Waals surface area (Å²) in [6.45, 7) is 0.674. The molecule has 1 saturated heterocycles. The third-order valence-corrected chi connectivity index (χ3v) is 4.37. The Labute approximate surface area is 122 Å². The molecule has 1 unspecified atom stereocenters. The van der Waals surface area contributed by atoms with Gasteiger partial charge < -0.3 is 10.0 Å². The molecule has 1 aromatic rings. The van der Waals surface area contributed by atoms with Crippen LogP contribution in [0.1, 0.15) is 25.7 Å². The second kappa shape index (κ2) is 7.28. The number of carbonyl (C=O) groups is 2. The Morgan fingerprint density at radius 3 is 2.80 bits per heavy atom. The monoisotopic (exact) mass is 294 g/mol. The summed E-state index contributed by atoms with van der Waals surface area (Å²) in [4.78, 5) is 29.8. The number of carboxylic acids is 1. The molecule has 0 bridgehead atoms. The molecule has 1 aromatic heterocycles. The summed E-state index contributed by atoms with van der Waals surface area (Å²) in [5.41, 5.74) is 0. The molecule has 1 N–H and O–H groups in total. The van der Waals surface area contributed by atoms with E-state index in [1.54, 1.807) is 17.3 Å². The summed E-state index contributed by atoms with van der Waals surface area (Å²) in [7, 11) is 0. The molecule has 2 heterocycles. The first-order chi connectivity index (χ1) is 9.66. The molecule has 5 nitrogen and oxygen atoms in total. The van der Waals surface area contributed by atoms with Gasteiger partial charge in [-0.05, 0) is 31.4 Å². The van der Waals surface area contributed by atoms with Crippen LogP contribution in [0.5, 0.6) is 0 Å². The predicted octanol–water partition coefficient (Wildman–Crippen LogP) is 2.03. The van der Waals surface area contributed by atoms with Crippen LogP contribution in [0.2, 0.25) is 0 Å². The fourth-order valence-electron chi connectivity index (χ4n) is 2.41. The van der Waals surface area contributed by atoms with Crippen LogP contribution >= 0.6 is 11.8 Å². The van der Waals surface area contributed by atoms with E-state index in [0.29, 0.717) is 12.3 Å². The fourth-order valence-corrected chi connectivity index (χ4v) is 3.18. The Morgan fingerprint density at radius 1 is 1.35 bits per heavy atom. The number of carbonyl (C=O) groups excluding carboxylic acids is 1. The normalized spacial score (nSPS) is 18.8. The Hall–Kier alpha value is -1.56. The molecule has 1 atom stereocenters. The van der Waals surface area contributed by atoms with Crippen LogP contribution < -0.4 is 0 Å². The van der Waals surface area contributed by atoms with Crippen LogP contribution in [0.3, 0.4) is 0 Å². The number of carboxylic acid groups (broad SMARTS) is 1. The Morgan fingerprint density at radius 2 is 2.10 bits per heavy atom. The van der Waals surface area contributed by atoms with Crippen molar-refractivity contribution in [1.82, 2.24) is 9.88 Å². The van der Waals surface area contributed by atoms with Crippen LogP contribution in [0.4, 0.5) is 0 Å². The molecule has 0 spiro atoms. The number of rotatable bonds is 5. The van der Waals surface area contributed by atoms with Crippen molar-refractivity contribution < 1.29 is 14.7 Å². The largest absolute Gasteiger partial charge is 0.481 e. The maximum atomic E-state index is 12.3. The van der Waals surface area contributed by atoms with E-state index in [0.717, 1.165) is 24.2 Å². The van der Waals surface area contributed by atoms with Gasteiger partial charge in [0.15, 0.2) is 0 Å². The zero-order valence-corrected chi connectivity index (χ0v) is 12.0. The van der Waals surface area contributed by atoms with Crippen LogP contribution in [-0.2, 0) is 9.59 Å². The lowest BCUT2D eigenvalue weighted by atomic mass is 9.99. The highest BCUT2D eigenvalue weighted by atomic mass is 32.2. The highest BCUT2D eigenvalue weighted by Gasteiger charge is 2.28. The third-order valence-electron chi connectivity index (χ3n) is 3.37. The lowest BCUT2D eigenvalue weighted by Gasteiger charge is -2.35. The summed E-state index contributed by atoms with van der Waals surface area (Å²) < 4.78 is 0. The molecule has 0 aliphatic carbocycles. The maximum Gasteiger partial charge on any atom is 0.305 e. The van der Waals surface area contributed by atoms with Crippen molar-refractivity contribution in [3.63, 3.8) is 0 Å². The number of hydrogen-bond donors (Lipinski definition) is 1. The smallest absolute Gasteiger partial charge is 0.305 e. The van der Waals surface area contributed by atoms with E-state index in [1.165, 1.54) is 11.8 Å². The lowest BCUT2D eigenvalue weighted by Crippen LogP contribution is -2.45. The fraction of sp³-hybridized carbons (Fsp3) is 0.500. The van der Waals surface area contributed by atoms with Crippen molar-refractivity contribution in [1.29, 1.82) is 0 Å². The molecule has 0 radical (unpaired) electrons. The van der Waals surface area contributed by atoms with Gasteiger partial charge in [-0.15, -0.1) is 11.8 Å². The maximum absolute atomic E-state index is 12.3. The van der Waals surface area contributed by atoms with Gasteiger partial charge in [0.1, 0.15) is 0 Å². The van der Waals surface area contributed by atoms with Crippen LogP contribution in [0.15, 0.2) is 29.4 Å². The summed E-state index contributed by atoms with van der Waals surface area (Å²) in [6.07, 6.45) is 6.19. The summed E-state index contributed by atoms with van der Waals surface area (Å²) >= 11 is 1.46. The number of nitrogens with zero attached hydrogens (tertiary/aromatic N) is 2. The second-order valence-corrected chi connectivity index (χ2v) is 5.85. The molecule has 108 valence electrons. The van der Waals surface area contributed by atoms with Gasteiger partial charge in [-0.25, -0.2) is 0 Å². The van der Waals surface area contributed by atoms with Crippen molar-refractivity contribution in [2.45, 2.75) is 36.6 Å². The molecule has 2 rings (SSSR count). The number of thioether (sulfide) groups is 1. The van der Waals surface area contributed by atoms with Crippen LogP contribution in [0, 0.1) is 0 Å². The van der Waals surface area contributed by atoms with E-state index >= 15 is 0 Å². The van der Waals surface area contributed by atoms with Crippen LogP contribution in [-0.4, -0.2) is 45.2 Å². The quantitative estimate of drug-likeness (QED) is 0.841. The van der Waals surface area contributed by atoms with E-state index in [2.05, 4.69) is 4.98 Å². The minimum Gasteiger partial charge on any atom is -0.481 e. The van der Waals surface area contributed by atoms with Gasteiger partial charge in [-0.1, -0.05) is 0 Å². The Bertz CT molecular complexity index is 467. The first-order valence-electron chi connectivity index (χ1n) is 6.71. The highest BCUT2D eigenvalue weighted by Crippen LogP contribution is 2.23. The van der Waals surface area contributed by atoms with Gasteiger partial charge in [-0.2, -0.15) is 0 Å². The van der Waals surface area contributed by atoms with Crippen LogP contribution in [0.25, 0.3) is 0 Å². The number of aromatic nitrogens is 1. The average Bonchev–Trinajstić information content (AvgIpc) is 2.46. The molecule has 1 amide bonds. The summed E-state index contributed by atoms with van der Waals surface area (Å²) in [6, 6.07) is 3.58. The molecule has 1 fully saturated rings. The first kappa shape index (κ1) is 14.8. The minimum absolute atomic E-state index is 0.0257. The topological polar surface area (TPSA) is 70.5 Å². The van der Waals surface area contributed by atoms with Gasteiger partial charge >= 0.3 is 5.97 Å². The van der Waals surface area contributed by atoms with Gasteiger partial charge in [-0.3, -0.25) is 14.6 Å². The minimum atomic E-state index is -0.837. The second-order valence-electron chi connectivity index (χ2n) is 4.81. The van der Waals surface area contributed by atoms with E-state index in [9.17, 15) is 9.59 Å². The molecule has 0 saturated carbocycles. The van der Waals surface area contributed by atoms with Crippen molar-refractivity contribution in [2.75, 3.05) is 12.3 Å². The van der Waals surface area contributed by atoms with Gasteiger partial charge in [0.05, 0.1) is 12.2 Å². The van der Waals surface area contributed by atoms with E-state index < -0.39 is 5.97 Å². The molecule has 1 aliphatic heterocycles. The number of amides is 1. The van der Waals surface area contributed by atoms with Crippen molar-refractivity contribution in [3.8, 4) is 0 Å². The van der Waals surface area contributed by atoms with Gasteiger partial charge in [0.25, 0.3) is 0 Å². The van der Waals surface area contributed by atoms with Crippen molar-refractivity contribution in [2.24, 2.45) is 0 Å². The Kier molecular flexibility index (Phi) is 5.40. The summed E-state index contributed by atoms with van der Waals surface area (Å²) in [5.74, 6) is -0.464. The molecular weight excluding hydrogens is 276 g/mol. The first-order valence-corrected chi connectivity index (χ1v) is 7.69. The van der Waals surface area contributed by atoms with E-state index in [1.807, 2.05) is 12.1 Å². The zero-order valence-electron chi connectivity index (χ0n) is 11.2. The predicted molar refractivity (Wildman–Crippen MR) is 76.6 cm³/mol. The van der Waals surface area contributed by atoms with Gasteiger partial charge in [0, 0.05) is 29.9 Å². The van der Waals surface area contributed by atoms with Crippen molar-refractivity contribution in [3.05, 3.63) is 24.5 Å². The van der Waals surface area contributed by atoms with Crippen molar-refractivity contribution >= 4 is 23.6 Å². The standard InChI is InChI=1S/C14H18N2O3S/c17-13(10-20-12-4-6-15-7-5-12)16-8-2-1-3-11(16)9-14(18)19/h4-7,11H,1-3,8-10H2,(H,18,19). The van der Waals surface area contributed by atoms with E-state index in [4.69, 9.17) is 5.11 Å². The zero-order chi connectivity index (χ0) is 14.4. The lowest BCUT2D eigenvalue weighted by molar-refractivity contribution is -0.141. The third kappa shape index (κ3) is 4.23. The molecule has 6 heteroatoms. The molecular formula is C14H18N2O3S. The molecule has 0 aromatic carbocycles. The molecule has 1 aliphatic rings. The molecule has 20 heavy (non-hydrogen) atoms.